The van der Waals surface area contributed by atoms with E-state index in [-0.39, 0.29) is 6.04 Å². The predicted molar refractivity (Wildman–Crippen MR) is 131 cm³/mol. The maximum absolute atomic E-state index is 11.9. The molecule has 0 spiro atoms. The molecule has 1 N–H and O–H groups in total. The quantitative estimate of drug-likeness (QED) is 0.446. The van der Waals surface area contributed by atoms with Gasteiger partial charge >= 0.3 is 0 Å². The first-order chi connectivity index (χ1) is 16.3. The highest BCUT2D eigenvalue weighted by molar-refractivity contribution is 7.92. The molecular formula is C23H29N7O3S. The highest BCUT2D eigenvalue weighted by Crippen LogP contribution is 2.39. The molecule has 1 fully saturated rings. The fourth-order valence-electron chi connectivity index (χ4n) is 5.17. The Labute approximate surface area is 198 Å². The van der Waals surface area contributed by atoms with Gasteiger partial charge < -0.3 is 9.30 Å². The predicted octanol–water partition coefficient (Wildman–Crippen LogP) is 3.44. The van der Waals surface area contributed by atoms with Gasteiger partial charge in [-0.25, -0.2) is 18.1 Å². The van der Waals surface area contributed by atoms with E-state index in [2.05, 4.69) is 32.6 Å². The molecule has 1 aliphatic heterocycles. The summed E-state index contributed by atoms with van der Waals surface area (Å²) in [5.74, 6) is 0.724. The number of aryl methyl sites for hydroxylation is 2. The Morgan fingerprint density at radius 3 is 2.68 bits per heavy atom. The number of rotatable bonds is 6. The van der Waals surface area contributed by atoms with Gasteiger partial charge in [-0.05, 0) is 50.3 Å². The smallest absolute Gasteiger partial charge is 0.230 e. The highest BCUT2D eigenvalue weighted by atomic mass is 32.2. The van der Waals surface area contributed by atoms with E-state index in [9.17, 15) is 8.42 Å². The van der Waals surface area contributed by atoms with Crippen molar-refractivity contribution in [3.05, 3.63) is 30.1 Å². The zero-order valence-corrected chi connectivity index (χ0v) is 20.6. The molecule has 0 amide bonds. The monoisotopic (exact) mass is 483 g/mol. The van der Waals surface area contributed by atoms with Crippen molar-refractivity contribution < 1.29 is 13.2 Å². The van der Waals surface area contributed by atoms with E-state index in [0.29, 0.717) is 11.7 Å². The van der Waals surface area contributed by atoms with Gasteiger partial charge in [-0.3, -0.25) is 9.71 Å². The topological polar surface area (TPSA) is 117 Å². The van der Waals surface area contributed by atoms with Crippen LogP contribution in [0.3, 0.4) is 0 Å². The summed E-state index contributed by atoms with van der Waals surface area (Å²) in [5, 5.41) is 9.24. The Bertz CT molecular complexity index is 1450. The van der Waals surface area contributed by atoms with Gasteiger partial charge in [0.25, 0.3) is 0 Å². The van der Waals surface area contributed by atoms with Gasteiger partial charge in [-0.1, -0.05) is 12.1 Å². The van der Waals surface area contributed by atoms with E-state index in [1.807, 2.05) is 26.2 Å². The first-order valence-corrected chi connectivity index (χ1v) is 13.4. The Morgan fingerprint density at radius 1 is 1.26 bits per heavy atom. The minimum atomic E-state index is -3.45. The zero-order chi connectivity index (χ0) is 24.0. The van der Waals surface area contributed by atoms with E-state index >= 15 is 0 Å². The van der Waals surface area contributed by atoms with Crippen LogP contribution in [0.4, 0.5) is 5.82 Å². The molecule has 5 heterocycles. The molecule has 0 unspecified atom stereocenters. The van der Waals surface area contributed by atoms with Gasteiger partial charge in [-0.2, -0.15) is 0 Å². The number of hydrogen-bond donors (Lipinski definition) is 1. The first-order valence-electron chi connectivity index (χ1n) is 11.5. The van der Waals surface area contributed by atoms with E-state index < -0.39 is 10.0 Å². The van der Waals surface area contributed by atoms with Gasteiger partial charge in [0.2, 0.25) is 10.0 Å². The van der Waals surface area contributed by atoms with Crippen LogP contribution in [-0.2, 0) is 21.8 Å². The molecule has 0 radical (unpaired) electrons. The number of pyridine rings is 2. The van der Waals surface area contributed by atoms with Gasteiger partial charge in [0.05, 0.1) is 28.7 Å². The largest absolute Gasteiger partial charge is 0.381 e. The molecule has 11 heteroatoms. The van der Waals surface area contributed by atoms with Crippen LogP contribution in [0, 0.1) is 12.8 Å². The number of anilines is 1. The van der Waals surface area contributed by atoms with Crippen LogP contribution in [0.5, 0.6) is 0 Å². The minimum absolute atomic E-state index is 0.174. The third kappa shape index (κ3) is 4.03. The summed E-state index contributed by atoms with van der Waals surface area (Å²) >= 11 is 0. The lowest BCUT2D eigenvalue weighted by molar-refractivity contribution is 0.0491. The number of fused-ring (bicyclic) bond motifs is 3. The van der Waals surface area contributed by atoms with Crippen molar-refractivity contribution in [2.24, 2.45) is 13.0 Å². The Balaban J connectivity index is 1.78. The third-order valence-electron chi connectivity index (χ3n) is 6.60. The van der Waals surface area contributed by atoms with Crippen LogP contribution >= 0.6 is 0 Å². The summed E-state index contributed by atoms with van der Waals surface area (Å²) in [6.07, 6.45) is 5.82. The summed E-state index contributed by atoms with van der Waals surface area (Å²) in [4.78, 5) is 9.60. The van der Waals surface area contributed by atoms with Crippen molar-refractivity contribution in [2.45, 2.75) is 39.2 Å². The molecule has 1 saturated heterocycles. The molecule has 10 nitrogen and oxygen atoms in total. The van der Waals surface area contributed by atoms with Crippen LogP contribution in [0.25, 0.3) is 33.3 Å². The summed E-state index contributed by atoms with van der Waals surface area (Å²) in [7, 11) is -1.58. The number of sulfonamides is 1. The van der Waals surface area contributed by atoms with Crippen molar-refractivity contribution in [2.75, 3.05) is 24.2 Å². The fourth-order valence-corrected chi connectivity index (χ4v) is 5.66. The van der Waals surface area contributed by atoms with E-state index in [1.165, 1.54) is 0 Å². The number of nitrogens with one attached hydrogen (secondary N) is 1. The van der Waals surface area contributed by atoms with Crippen LogP contribution in [-0.4, -0.2) is 57.4 Å². The molecule has 4 aromatic rings. The first kappa shape index (κ1) is 22.7. The van der Waals surface area contributed by atoms with E-state index in [1.54, 1.807) is 10.7 Å². The second-order valence-electron chi connectivity index (χ2n) is 8.98. The van der Waals surface area contributed by atoms with Gasteiger partial charge in [0.15, 0.2) is 0 Å². The number of ether oxygens (including phenoxy) is 1. The van der Waals surface area contributed by atoms with E-state index in [4.69, 9.17) is 14.7 Å². The summed E-state index contributed by atoms with van der Waals surface area (Å²) in [6, 6.07) is 5.89. The number of nitrogens with zero attached hydrogens (tertiary/aromatic N) is 6. The molecule has 5 rings (SSSR count). The maximum atomic E-state index is 11.9. The average Bonchev–Trinajstić information content (AvgIpc) is 3.30. The Morgan fingerprint density at radius 2 is 2.03 bits per heavy atom. The molecule has 0 aliphatic carbocycles. The fraction of sp³-hybridized carbons (Fsp3) is 0.478. The lowest BCUT2D eigenvalue weighted by atomic mass is 9.90. The summed E-state index contributed by atoms with van der Waals surface area (Å²) in [6.45, 7) is 5.61. The standard InChI is InChI=1S/C23H29N7O3S/c1-5-18(15-8-10-33-11-9-15)30-19-12-16(22-14(2)26-28-29(22)3)13-24-21(19)17-6-7-20(25-23(17)30)27-34(4,31)32/h6-7,12-13,15,18H,5,8-11H2,1-4H3,(H,25,27)/t18-/m1/s1. The van der Waals surface area contributed by atoms with E-state index in [0.717, 1.165) is 77.8 Å². The molecule has 4 aromatic heterocycles. The Kier molecular flexibility index (Phi) is 5.76. The van der Waals surface area contributed by atoms with Crippen LogP contribution in [0.2, 0.25) is 0 Å². The molecule has 180 valence electrons. The van der Waals surface area contributed by atoms with Gasteiger partial charge in [0.1, 0.15) is 11.5 Å². The lowest BCUT2D eigenvalue weighted by Crippen LogP contribution is -2.25. The van der Waals surface area contributed by atoms with Crippen LogP contribution < -0.4 is 4.72 Å². The van der Waals surface area contributed by atoms with Crippen molar-refractivity contribution in [3.8, 4) is 11.3 Å². The van der Waals surface area contributed by atoms with Crippen molar-refractivity contribution in [3.63, 3.8) is 0 Å². The maximum Gasteiger partial charge on any atom is 0.230 e. The molecule has 1 aliphatic rings. The summed E-state index contributed by atoms with van der Waals surface area (Å²) in [5.41, 5.74) is 5.22. The summed E-state index contributed by atoms with van der Waals surface area (Å²) < 4.78 is 35.9. The van der Waals surface area contributed by atoms with Gasteiger partial charge in [0, 0.05) is 43.4 Å². The molecule has 1 atom stereocenters. The third-order valence-corrected chi connectivity index (χ3v) is 7.18. The lowest BCUT2D eigenvalue weighted by Gasteiger charge is -2.31. The second-order valence-corrected chi connectivity index (χ2v) is 10.7. The van der Waals surface area contributed by atoms with Crippen LogP contribution in [0.15, 0.2) is 24.4 Å². The van der Waals surface area contributed by atoms with Crippen LogP contribution in [0.1, 0.15) is 37.9 Å². The highest BCUT2D eigenvalue weighted by Gasteiger charge is 2.28. The molecule has 0 saturated carbocycles. The average molecular weight is 484 g/mol. The van der Waals surface area contributed by atoms with Crippen molar-refractivity contribution in [1.82, 2.24) is 29.5 Å². The molecule has 0 aromatic carbocycles. The second kappa shape index (κ2) is 8.62. The zero-order valence-electron chi connectivity index (χ0n) is 19.8. The van der Waals surface area contributed by atoms with Gasteiger partial charge in [-0.15, -0.1) is 5.10 Å². The molecular weight excluding hydrogens is 454 g/mol. The molecule has 0 bridgehead atoms. The normalized spacial score (nSPS) is 16.4. The number of hydrogen-bond acceptors (Lipinski definition) is 7. The minimum Gasteiger partial charge on any atom is -0.381 e. The SMILES string of the molecule is CC[C@H](C1CCOCC1)n1c2cc(-c3c(C)nnn3C)cnc2c2ccc(NS(C)(=O)=O)nc21. The number of aromatic nitrogens is 6. The Hall–Kier alpha value is -3.05. The van der Waals surface area contributed by atoms with Crippen molar-refractivity contribution in [1.29, 1.82) is 0 Å². The van der Waals surface area contributed by atoms with Crippen molar-refractivity contribution >= 4 is 37.9 Å². The molecule has 34 heavy (non-hydrogen) atoms.